The molecule has 1 saturated carbocycles. The van der Waals surface area contributed by atoms with Crippen molar-refractivity contribution in [1.29, 1.82) is 0 Å². The molecule has 0 unspecified atom stereocenters. The number of fused-ring (bicyclic) bond motifs is 1. The maximum absolute atomic E-state index is 6.87. The third-order valence-electron chi connectivity index (χ3n) is 7.67. The zero-order chi connectivity index (χ0) is 26.6. The average Bonchev–Trinajstić information content (AvgIpc) is 3.27. The molecular weight excluding hydrogens is 512 g/mol. The van der Waals surface area contributed by atoms with E-state index in [4.69, 9.17) is 21.3 Å². The van der Waals surface area contributed by atoms with Crippen molar-refractivity contribution in [3.05, 3.63) is 59.1 Å². The molecule has 3 aromatic heterocycles. The van der Waals surface area contributed by atoms with Crippen LogP contribution in [0.4, 0.5) is 5.82 Å². The third-order valence-corrected chi connectivity index (χ3v) is 7.99. The Morgan fingerprint density at radius 1 is 1.10 bits per heavy atom. The lowest BCUT2D eigenvalue weighted by molar-refractivity contribution is 0.191. The monoisotopic (exact) mass is 546 g/mol. The summed E-state index contributed by atoms with van der Waals surface area (Å²) >= 11 is 6.87. The van der Waals surface area contributed by atoms with Gasteiger partial charge >= 0.3 is 0 Å². The fourth-order valence-corrected chi connectivity index (χ4v) is 5.46. The summed E-state index contributed by atoms with van der Waals surface area (Å²) in [6, 6.07) is 9.92. The Bertz CT molecular complexity index is 1430. The number of hydrogen-bond acceptors (Lipinski definition) is 8. The van der Waals surface area contributed by atoms with E-state index in [1.807, 2.05) is 30.5 Å². The van der Waals surface area contributed by atoms with Crippen LogP contribution in [-0.2, 0) is 6.54 Å². The summed E-state index contributed by atoms with van der Waals surface area (Å²) in [7, 11) is 0. The van der Waals surface area contributed by atoms with E-state index in [1.54, 1.807) is 6.33 Å². The number of piperazine rings is 1. The highest BCUT2D eigenvalue weighted by Gasteiger charge is 2.22. The van der Waals surface area contributed by atoms with Crippen LogP contribution in [0.1, 0.15) is 30.5 Å². The summed E-state index contributed by atoms with van der Waals surface area (Å²) in [5.41, 5.74) is 4.41. The SMILES string of the molecule is Cc1ccnc(Cn2c(-c3ccc(OCCN4CCNCC4)cc3Cl)nc3c(NCC4CCC4)ncnc32)c1. The summed E-state index contributed by atoms with van der Waals surface area (Å²) in [4.78, 5) is 21.2. The predicted molar refractivity (Wildman–Crippen MR) is 154 cm³/mol. The fourth-order valence-electron chi connectivity index (χ4n) is 5.20. The molecule has 0 bridgehead atoms. The molecule has 6 rings (SSSR count). The minimum atomic E-state index is 0.520. The molecule has 1 aliphatic heterocycles. The van der Waals surface area contributed by atoms with Gasteiger partial charge in [-0.2, -0.15) is 0 Å². The van der Waals surface area contributed by atoms with E-state index in [0.717, 1.165) is 84.6 Å². The summed E-state index contributed by atoms with van der Waals surface area (Å²) in [5.74, 6) is 2.94. The van der Waals surface area contributed by atoms with E-state index in [-0.39, 0.29) is 0 Å². The summed E-state index contributed by atoms with van der Waals surface area (Å²) < 4.78 is 8.13. The molecule has 1 aromatic carbocycles. The molecule has 0 atom stereocenters. The number of pyridine rings is 1. The molecule has 2 fully saturated rings. The van der Waals surface area contributed by atoms with E-state index in [0.29, 0.717) is 24.1 Å². The Balaban J connectivity index is 1.29. The van der Waals surface area contributed by atoms with Gasteiger partial charge in [0, 0.05) is 51.0 Å². The second kappa shape index (κ2) is 11.9. The van der Waals surface area contributed by atoms with Crippen molar-refractivity contribution in [2.24, 2.45) is 5.92 Å². The van der Waals surface area contributed by atoms with Crippen LogP contribution in [0.15, 0.2) is 42.9 Å². The van der Waals surface area contributed by atoms with Crippen LogP contribution in [0.3, 0.4) is 0 Å². The number of nitrogens with one attached hydrogen (secondary N) is 2. The summed E-state index contributed by atoms with van der Waals surface area (Å²) in [5, 5.41) is 7.49. The van der Waals surface area contributed by atoms with Crippen LogP contribution in [0, 0.1) is 12.8 Å². The van der Waals surface area contributed by atoms with Crippen molar-refractivity contribution in [3.63, 3.8) is 0 Å². The molecule has 2 N–H and O–H groups in total. The van der Waals surface area contributed by atoms with Crippen LogP contribution in [0.25, 0.3) is 22.6 Å². The Morgan fingerprint density at radius 3 is 2.74 bits per heavy atom. The molecule has 4 aromatic rings. The molecule has 2 aliphatic rings. The minimum Gasteiger partial charge on any atom is -0.492 e. The molecule has 0 radical (unpaired) electrons. The van der Waals surface area contributed by atoms with Gasteiger partial charge in [-0.15, -0.1) is 0 Å². The van der Waals surface area contributed by atoms with Gasteiger partial charge < -0.3 is 19.9 Å². The highest BCUT2D eigenvalue weighted by Crippen LogP contribution is 2.34. The number of rotatable bonds is 10. The van der Waals surface area contributed by atoms with Gasteiger partial charge in [0.15, 0.2) is 17.0 Å². The summed E-state index contributed by atoms with van der Waals surface area (Å²) in [6.45, 7) is 9.17. The van der Waals surface area contributed by atoms with E-state index in [2.05, 4.69) is 48.0 Å². The zero-order valence-electron chi connectivity index (χ0n) is 22.4. The zero-order valence-corrected chi connectivity index (χ0v) is 23.1. The number of anilines is 1. The quantitative estimate of drug-likeness (QED) is 0.302. The topological polar surface area (TPSA) is 93.0 Å². The first kappa shape index (κ1) is 26.0. The smallest absolute Gasteiger partial charge is 0.166 e. The lowest BCUT2D eigenvalue weighted by Crippen LogP contribution is -2.44. The molecule has 4 heterocycles. The van der Waals surface area contributed by atoms with Gasteiger partial charge in [-0.3, -0.25) is 9.88 Å². The normalized spacial score (nSPS) is 16.4. The van der Waals surface area contributed by atoms with E-state index in [9.17, 15) is 0 Å². The second-order valence-electron chi connectivity index (χ2n) is 10.5. The van der Waals surface area contributed by atoms with Gasteiger partial charge in [-0.1, -0.05) is 18.0 Å². The third kappa shape index (κ3) is 6.00. The number of aryl methyl sites for hydroxylation is 1. The van der Waals surface area contributed by atoms with Crippen LogP contribution in [0.5, 0.6) is 5.75 Å². The van der Waals surface area contributed by atoms with Gasteiger partial charge in [0.25, 0.3) is 0 Å². The molecule has 0 spiro atoms. The Kier molecular flexibility index (Phi) is 7.90. The maximum atomic E-state index is 6.87. The van der Waals surface area contributed by atoms with Gasteiger partial charge in [0.2, 0.25) is 0 Å². The number of benzene rings is 1. The van der Waals surface area contributed by atoms with Crippen molar-refractivity contribution in [3.8, 4) is 17.1 Å². The maximum Gasteiger partial charge on any atom is 0.166 e. The van der Waals surface area contributed by atoms with Gasteiger partial charge in [-0.25, -0.2) is 15.0 Å². The van der Waals surface area contributed by atoms with E-state index < -0.39 is 0 Å². The number of aromatic nitrogens is 5. The largest absolute Gasteiger partial charge is 0.492 e. The van der Waals surface area contributed by atoms with Gasteiger partial charge in [0.05, 0.1) is 17.3 Å². The van der Waals surface area contributed by atoms with E-state index in [1.165, 1.54) is 19.3 Å². The molecule has 9 nitrogen and oxygen atoms in total. The van der Waals surface area contributed by atoms with Crippen molar-refractivity contribution in [2.75, 3.05) is 51.2 Å². The fraction of sp³-hybridized carbons (Fsp3) is 0.448. The number of halogens is 1. The van der Waals surface area contributed by atoms with Crippen molar-refractivity contribution in [2.45, 2.75) is 32.7 Å². The van der Waals surface area contributed by atoms with Gasteiger partial charge in [0.1, 0.15) is 24.5 Å². The Labute approximate surface area is 234 Å². The van der Waals surface area contributed by atoms with Crippen LogP contribution in [0.2, 0.25) is 5.02 Å². The van der Waals surface area contributed by atoms with Crippen molar-refractivity contribution >= 4 is 28.6 Å². The molecular formula is C29H35ClN8O. The summed E-state index contributed by atoms with van der Waals surface area (Å²) in [6.07, 6.45) is 7.28. The molecule has 10 heteroatoms. The lowest BCUT2D eigenvalue weighted by atomic mass is 9.85. The number of imidazole rings is 1. The lowest BCUT2D eigenvalue weighted by Gasteiger charge is -2.26. The molecule has 0 amide bonds. The van der Waals surface area contributed by atoms with Crippen molar-refractivity contribution < 1.29 is 4.74 Å². The van der Waals surface area contributed by atoms with Crippen molar-refractivity contribution in [1.82, 2.24) is 34.7 Å². The number of nitrogens with zero attached hydrogens (tertiary/aromatic N) is 6. The molecule has 39 heavy (non-hydrogen) atoms. The first-order valence-electron chi connectivity index (χ1n) is 13.9. The highest BCUT2D eigenvalue weighted by molar-refractivity contribution is 6.33. The first-order valence-corrected chi connectivity index (χ1v) is 14.2. The molecule has 1 aliphatic carbocycles. The first-order chi connectivity index (χ1) is 19.1. The van der Waals surface area contributed by atoms with E-state index >= 15 is 0 Å². The molecule has 204 valence electrons. The second-order valence-corrected chi connectivity index (χ2v) is 10.9. The number of ether oxygens (including phenoxy) is 1. The Morgan fingerprint density at radius 2 is 1.97 bits per heavy atom. The van der Waals surface area contributed by atoms with Gasteiger partial charge in [-0.05, 0) is 61.6 Å². The standard InChI is InChI=1S/C29H35ClN8O/c1-20-7-8-32-22(15-20)18-38-28(36-26-27(34-19-35-29(26)38)33-17-21-3-2-4-21)24-6-5-23(16-25(24)30)39-14-13-37-11-9-31-10-12-37/h5-8,15-16,19,21,31H,2-4,9-14,17-18H2,1H3,(H,33,34,35). The number of hydrogen-bond donors (Lipinski definition) is 2. The predicted octanol–water partition coefficient (Wildman–Crippen LogP) is 4.39. The van der Waals surface area contributed by atoms with Crippen LogP contribution >= 0.6 is 11.6 Å². The Hall–Kier alpha value is -3.27. The average molecular weight is 547 g/mol. The highest BCUT2D eigenvalue weighted by atomic mass is 35.5. The van der Waals surface area contributed by atoms with Crippen LogP contribution < -0.4 is 15.4 Å². The van der Waals surface area contributed by atoms with Crippen LogP contribution in [-0.4, -0.2) is 75.3 Å². The minimum absolute atomic E-state index is 0.520. The molecule has 1 saturated heterocycles.